The lowest BCUT2D eigenvalue weighted by molar-refractivity contribution is 0.194. The van der Waals surface area contributed by atoms with Crippen molar-refractivity contribution in [3.8, 4) is 0 Å². The Labute approximate surface area is 115 Å². The Kier molecular flexibility index (Phi) is 5.16. The molecule has 4 heteroatoms. The third-order valence-corrected chi connectivity index (χ3v) is 3.89. The van der Waals surface area contributed by atoms with Crippen molar-refractivity contribution in [2.24, 2.45) is 0 Å². The predicted molar refractivity (Wildman–Crippen MR) is 76.2 cm³/mol. The van der Waals surface area contributed by atoms with Gasteiger partial charge in [0.1, 0.15) is 0 Å². The Morgan fingerprint density at radius 1 is 1.32 bits per heavy atom. The molecule has 2 N–H and O–H groups in total. The summed E-state index contributed by atoms with van der Waals surface area (Å²) in [6.45, 7) is 2.53. The van der Waals surface area contributed by atoms with E-state index < -0.39 is 6.10 Å². The van der Waals surface area contributed by atoms with E-state index >= 15 is 0 Å². The van der Waals surface area contributed by atoms with Gasteiger partial charge in [-0.05, 0) is 31.9 Å². The Hall–Kier alpha value is -1.13. The lowest BCUT2D eigenvalue weighted by atomic mass is 9.94. The van der Waals surface area contributed by atoms with Gasteiger partial charge in [0.2, 0.25) is 0 Å². The van der Waals surface area contributed by atoms with E-state index in [1.807, 2.05) is 18.3 Å². The van der Waals surface area contributed by atoms with Crippen LogP contribution in [0.25, 0.3) is 0 Å². The van der Waals surface area contributed by atoms with Gasteiger partial charge in [0.05, 0.1) is 30.3 Å². The highest BCUT2D eigenvalue weighted by Crippen LogP contribution is 2.27. The van der Waals surface area contributed by atoms with Crippen LogP contribution in [-0.4, -0.2) is 34.4 Å². The summed E-state index contributed by atoms with van der Waals surface area (Å²) in [5.74, 6) is 0. The first-order valence-electron chi connectivity index (χ1n) is 7.24. The molecule has 1 aliphatic rings. The molecule has 1 aromatic rings. The lowest BCUT2D eigenvalue weighted by Gasteiger charge is -2.35. The molecule has 1 aliphatic carbocycles. The molecule has 1 atom stereocenters. The highest BCUT2D eigenvalue weighted by molar-refractivity contribution is 5.46. The molecule has 0 amide bonds. The Balaban J connectivity index is 2.13. The zero-order chi connectivity index (χ0) is 13.7. The van der Waals surface area contributed by atoms with E-state index in [2.05, 4.69) is 9.88 Å². The maximum Gasteiger partial charge on any atom is 0.0931 e. The molecule has 0 aliphatic heterocycles. The summed E-state index contributed by atoms with van der Waals surface area (Å²) in [5.41, 5.74) is 1.74. The average Bonchev–Trinajstić information content (AvgIpc) is 2.46. The standard InChI is InChI=1S/C15H24N2O2/c1-12(19)15-8-7-14(11-16-15)17(9-10-18)13-5-3-2-4-6-13/h7-8,11-13,18-19H,2-6,9-10H2,1H3/t12-/m1/s1. The highest BCUT2D eigenvalue weighted by Gasteiger charge is 2.21. The van der Waals surface area contributed by atoms with Crippen molar-refractivity contribution in [2.45, 2.75) is 51.2 Å². The molecule has 0 unspecified atom stereocenters. The van der Waals surface area contributed by atoms with Crippen LogP contribution in [0.15, 0.2) is 18.3 Å². The number of nitrogens with zero attached hydrogens (tertiary/aromatic N) is 2. The topological polar surface area (TPSA) is 56.6 Å². The molecule has 106 valence electrons. The molecule has 0 spiro atoms. The van der Waals surface area contributed by atoms with Gasteiger partial charge in [0, 0.05) is 12.6 Å². The zero-order valence-corrected chi connectivity index (χ0v) is 11.6. The summed E-state index contributed by atoms with van der Waals surface area (Å²) in [6, 6.07) is 4.38. The largest absolute Gasteiger partial charge is 0.395 e. The lowest BCUT2D eigenvalue weighted by Crippen LogP contribution is -2.38. The monoisotopic (exact) mass is 264 g/mol. The van der Waals surface area contributed by atoms with Gasteiger partial charge in [-0.15, -0.1) is 0 Å². The number of pyridine rings is 1. The predicted octanol–water partition coefficient (Wildman–Crippen LogP) is 2.27. The van der Waals surface area contributed by atoms with Crippen molar-refractivity contribution in [2.75, 3.05) is 18.1 Å². The van der Waals surface area contributed by atoms with Crippen LogP contribution in [-0.2, 0) is 0 Å². The van der Waals surface area contributed by atoms with E-state index in [4.69, 9.17) is 0 Å². The fourth-order valence-electron chi connectivity index (χ4n) is 2.84. The summed E-state index contributed by atoms with van der Waals surface area (Å²) in [5, 5.41) is 18.8. The number of anilines is 1. The van der Waals surface area contributed by atoms with Gasteiger partial charge in [0.15, 0.2) is 0 Å². The minimum Gasteiger partial charge on any atom is -0.395 e. The molecule has 2 rings (SSSR count). The van der Waals surface area contributed by atoms with E-state index in [1.165, 1.54) is 32.1 Å². The average molecular weight is 264 g/mol. The van der Waals surface area contributed by atoms with Crippen molar-refractivity contribution < 1.29 is 10.2 Å². The normalized spacial score (nSPS) is 18.3. The van der Waals surface area contributed by atoms with E-state index in [0.29, 0.717) is 18.3 Å². The third-order valence-electron chi connectivity index (χ3n) is 3.89. The van der Waals surface area contributed by atoms with Gasteiger partial charge in [0.25, 0.3) is 0 Å². The quantitative estimate of drug-likeness (QED) is 0.856. The Bertz CT molecular complexity index is 372. The van der Waals surface area contributed by atoms with Crippen molar-refractivity contribution in [3.63, 3.8) is 0 Å². The fraction of sp³-hybridized carbons (Fsp3) is 0.667. The van der Waals surface area contributed by atoms with Crippen molar-refractivity contribution in [1.82, 2.24) is 4.98 Å². The summed E-state index contributed by atoms with van der Waals surface area (Å²) in [6.07, 6.45) is 7.53. The molecule has 0 aromatic carbocycles. The summed E-state index contributed by atoms with van der Waals surface area (Å²) < 4.78 is 0. The number of rotatable bonds is 5. The fourth-order valence-corrected chi connectivity index (χ4v) is 2.84. The smallest absolute Gasteiger partial charge is 0.0931 e. The molecule has 1 heterocycles. The second kappa shape index (κ2) is 6.87. The van der Waals surface area contributed by atoms with Gasteiger partial charge < -0.3 is 15.1 Å². The van der Waals surface area contributed by atoms with Crippen LogP contribution in [0.5, 0.6) is 0 Å². The molecule has 1 fully saturated rings. The van der Waals surface area contributed by atoms with E-state index in [9.17, 15) is 10.2 Å². The minimum absolute atomic E-state index is 0.161. The van der Waals surface area contributed by atoms with Gasteiger partial charge >= 0.3 is 0 Å². The molecule has 19 heavy (non-hydrogen) atoms. The number of hydrogen-bond acceptors (Lipinski definition) is 4. The zero-order valence-electron chi connectivity index (χ0n) is 11.6. The van der Waals surface area contributed by atoms with Crippen LogP contribution < -0.4 is 4.90 Å². The van der Waals surface area contributed by atoms with Crippen molar-refractivity contribution >= 4 is 5.69 Å². The van der Waals surface area contributed by atoms with Gasteiger partial charge in [-0.1, -0.05) is 19.3 Å². The van der Waals surface area contributed by atoms with Crippen LogP contribution in [0.1, 0.15) is 50.8 Å². The molecule has 1 saturated carbocycles. The molecular weight excluding hydrogens is 240 g/mol. The molecule has 0 bridgehead atoms. The third kappa shape index (κ3) is 3.67. The Morgan fingerprint density at radius 3 is 2.58 bits per heavy atom. The summed E-state index contributed by atoms with van der Waals surface area (Å²) in [7, 11) is 0. The Morgan fingerprint density at radius 2 is 2.05 bits per heavy atom. The van der Waals surface area contributed by atoms with Gasteiger partial charge in [-0.3, -0.25) is 4.98 Å². The van der Waals surface area contributed by atoms with Crippen molar-refractivity contribution in [3.05, 3.63) is 24.0 Å². The summed E-state index contributed by atoms with van der Waals surface area (Å²) in [4.78, 5) is 6.56. The summed E-state index contributed by atoms with van der Waals surface area (Å²) >= 11 is 0. The number of aromatic nitrogens is 1. The van der Waals surface area contributed by atoms with Crippen LogP contribution in [0.4, 0.5) is 5.69 Å². The number of hydrogen-bond donors (Lipinski definition) is 2. The molecular formula is C15H24N2O2. The molecule has 0 radical (unpaired) electrons. The first-order valence-corrected chi connectivity index (χ1v) is 7.24. The maximum atomic E-state index is 9.49. The minimum atomic E-state index is -0.532. The molecule has 1 aromatic heterocycles. The highest BCUT2D eigenvalue weighted by atomic mass is 16.3. The number of aliphatic hydroxyl groups excluding tert-OH is 2. The van der Waals surface area contributed by atoms with E-state index in [1.54, 1.807) is 6.92 Å². The van der Waals surface area contributed by atoms with Crippen LogP contribution in [0.3, 0.4) is 0 Å². The first-order chi connectivity index (χ1) is 9.22. The van der Waals surface area contributed by atoms with Crippen LogP contribution >= 0.6 is 0 Å². The van der Waals surface area contributed by atoms with E-state index in [0.717, 1.165) is 5.69 Å². The molecule has 4 nitrogen and oxygen atoms in total. The first kappa shape index (κ1) is 14.3. The molecule has 0 saturated heterocycles. The maximum absolute atomic E-state index is 9.49. The van der Waals surface area contributed by atoms with Crippen molar-refractivity contribution in [1.29, 1.82) is 0 Å². The number of aliphatic hydroxyl groups is 2. The van der Waals surface area contributed by atoms with E-state index in [-0.39, 0.29) is 6.61 Å². The second-order valence-electron chi connectivity index (χ2n) is 5.33. The van der Waals surface area contributed by atoms with Crippen LogP contribution in [0, 0.1) is 0 Å². The van der Waals surface area contributed by atoms with Crippen LogP contribution in [0.2, 0.25) is 0 Å². The van der Waals surface area contributed by atoms with Gasteiger partial charge in [-0.25, -0.2) is 0 Å². The SMILES string of the molecule is C[C@@H](O)c1ccc(N(CCO)C2CCCCC2)cn1. The second-order valence-corrected chi connectivity index (χ2v) is 5.33. The van der Waals surface area contributed by atoms with Gasteiger partial charge in [-0.2, -0.15) is 0 Å².